The Morgan fingerprint density at radius 1 is 0.912 bits per heavy atom. The van der Waals surface area contributed by atoms with E-state index < -0.39 is 0 Å². The molecule has 0 radical (unpaired) electrons. The van der Waals surface area contributed by atoms with Crippen LogP contribution in [0.25, 0.3) is 0 Å². The van der Waals surface area contributed by atoms with Gasteiger partial charge in [-0.1, -0.05) is 90.4 Å². The predicted octanol–water partition coefficient (Wildman–Crippen LogP) is 7.48. The first-order chi connectivity index (χ1) is 16.2. The van der Waals surface area contributed by atoms with Gasteiger partial charge < -0.3 is 15.6 Å². The number of nitrogens with two attached hydrogens (primary N) is 1. The van der Waals surface area contributed by atoms with Crippen LogP contribution in [-0.2, 0) is 16.6 Å². The van der Waals surface area contributed by atoms with Crippen LogP contribution in [-0.4, -0.2) is 22.8 Å². The van der Waals surface area contributed by atoms with Crippen LogP contribution >= 0.6 is 0 Å². The van der Waals surface area contributed by atoms with Crippen molar-refractivity contribution < 1.29 is 9.90 Å². The molecule has 0 heterocycles. The van der Waals surface area contributed by atoms with E-state index in [-0.39, 0.29) is 22.6 Å². The van der Waals surface area contributed by atoms with Gasteiger partial charge >= 0.3 is 0 Å². The number of rotatable bonds is 3. The SMILES string of the molecule is C1CCCCCCC1.C=C.CC(C)(C)c1cc(CCC=O)cc(N)c1O.N=C1C=CC=CC1=N. The van der Waals surface area contributed by atoms with Gasteiger partial charge in [0.2, 0.25) is 0 Å². The van der Waals surface area contributed by atoms with Crippen molar-refractivity contribution in [2.45, 2.75) is 90.4 Å². The zero-order valence-electron chi connectivity index (χ0n) is 21.5. The Hall–Kier alpha value is -2.95. The first-order valence-corrected chi connectivity index (χ1v) is 12.2. The monoisotopic (exact) mass is 467 g/mol. The topological polar surface area (TPSA) is 111 Å². The van der Waals surface area contributed by atoms with E-state index in [4.69, 9.17) is 16.6 Å². The number of carbonyl (C=O) groups excluding carboxylic acids is 1. The molecule has 0 aromatic heterocycles. The van der Waals surface area contributed by atoms with E-state index >= 15 is 0 Å². The largest absolute Gasteiger partial charge is 0.505 e. The van der Waals surface area contributed by atoms with Crippen molar-refractivity contribution in [3.05, 3.63) is 60.7 Å². The van der Waals surface area contributed by atoms with Gasteiger partial charge in [0.05, 0.1) is 17.1 Å². The molecule has 0 spiro atoms. The fourth-order valence-corrected chi connectivity index (χ4v) is 3.56. The summed E-state index contributed by atoms with van der Waals surface area (Å²) in [4.78, 5) is 10.3. The molecule has 5 N–H and O–H groups in total. The Balaban J connectivity index is 0.000000507. The molecule has 0 bridgehead atoms. The maximum atomic E-state index is 10.3. The van der Waals surface area contributed by atoms with Crippen LogP contribution in [0.15, 0.2) is 49.6 Å². The summed E-state index contributed by atoms with van der Waals surface area (Å²) >= 11 is 0. The Bertz CT molecular complexity index is 787. The number of hydrogen-bond acceptors (Lipinski definition) is 5. The molecule has 34 heavy (non-hydrogen) atoms. The lowest BCUT2D eigenvalue weighted by Gasteiger charge is -2.22. The molecule has 2 aliphatic rings. The molecule has 1 aromatic carbocycles. The van der Waals surface area contributed by atoms with Crippen LogP contribution in [0.3, 0.4) is 0 Å². The highest BCUT2D eigenvalue weighted by atomic mass is 16.3. The highest BCUT2D eigenvalue weighted by Crippen LogP contribution is 2.36. The third-order valence-electron chi connectivity index (χ3n) is 5.49. The summed E-state index contributed by atoms with van der Waals surface area (Å²) in [6, 6.07) is 3.66. The van der Waals surface area contributed by atoms with Gasteiger partial charge in [-0.15, -0.1) is 13.2 Å². The van der Waals surface area contributed by atoms with Crippen LogP contribution in [0.4, 0.5) is 5.69 Å². The van der Waals surface area contributed by atoms with Gasteiger partial charge in [-0.3, -0.25) is 10.8 Å². The van der Waals surface area contributed by atoms with Crippen LogP contribution in [0.5, 0.6) is 5.75 Å². The van der Waals surface area contributed by atoms with Crippen molar-refractivity contribution in [1.82, 2.24) is 0 Å². The number of aryl methyl sites for hydroxylation is 1. The molecular weight excluding hydrogens is 422 g/mol. The van der Waals surface area contributed by atoms with E-state index in [1.807, 2.05) is 26.8 Å². The summed E-state index contributed by atoms with van der Waals surface area (Å²) < 4.78 is 0. The molecule has 188 valence electrons. The second-order valence-electron chi connectivity index (χ2n) is 9.41. The maximum absolute atomic E-state index is 10.3. The number of aromatic hydroxyl groups is 1. The molecule has 2 aliphatic carbocycles. The van der Waals surface area contributed by atoms with Crippen molar-refractivity contribution in [3.63, 3.8) is 0 Å². The Morgan fingerprint density at radius 2 is 1.32 bits per heavy atom. The van der Waals surface area contributed by atoms with Gasteiger partial charge in [-0.2, -0.15) is 0 Å². The second kappa shape index (κ2) is 17.5. The number of allylic oxidation sites excluding steroid dienone is 4. The molecule has 3 rings (SSSR count). The molecule has 1 aromatic rings. The van der Waals surface area contributed by atoms with E-state index in [1.54, 1.807) is 30.4 Å². The molecule has 1 saturated carbocycles. The van der Waals surface area contributed by atoms with E-state index in [9.17, 15) is 9.90 Å². The van der Waals surface area contributed by atoms with Gasteiger partial charge in [0, 0.05) is 12.0 Å². The lowest BCUT2D eigenvalue weighted by molar-refractivity contribution is -0.107. The first kappa shape index (κ1) is 31.0. The normalized spacial score (nSPS) is 15.3. The molecule has 0 saturated heterocycles. The summed E-state index contributed by atoms with van der Waals surface area (Å²) in [6.07, 6.45) is 20.7. The lowest BCUT2D eigenvalue weighted by Crippen LogP contribution is -2.13. The molecular formula is C29H45N3O2. The van der Waals surface area contributed by atoms with Gasteiger partial charge in [-0.25, -0.2) is 0 Å². The number of aldehydes is 1. The standard InChI is InChI=1S/C13H19NO2.C8H16.C6H6N2.C2H4/c1-13(2,3)10-7-9(5-4-6-15)8-11(14)12(10)16;1-2-4-6-8-7-5-3-1;7-5-3-1-2-4-6(5)8;1-2/h6-8,16H,4-5,14H2,1-3H3;1-8H2;1-4,7-8H;1-2H2. The number of hydrogen-bond donors (Lipinski definition) is 4. The first-order valence-electron chi connectivity index (χ1n) is 12.2. The average molecular weight is 468 g/mol. The molecule has 5 heteroatoms. The molecule has 0 unspecified atom stereocenters. The number of phenols is 1. The zero-order valence-corrected chi connectivity index (χ0v) is 21.5. The summed E-state index contributed by atoms with van der Waals surface area (Å²) in [5, 5.41) is 24.0. The third kappa shape index (κ3) is 12.9. The fourth-order valence-electron chi connectivity index (χ4n) is 3.56. The van der Waals surface area contributed by atoms with Crippen molar-refractivity contribution >= 4 is 23.4 Å². The summed E-state index contributed by atoms with van der Waals surface area (Å²) in [5.41, 5.74) is 8.37. The predicted molar refractivity (Wildman–Crippen MR) is 148 cm³/mol. The Morgan fingerprint density at radius 3 is 1.65 bits per heavy atom. The minimum Gasteiger partial charge on any atom is -0.505 e. The Kier molecular flexibility index (Phi) is 16.0. The summed E-state index contributed by atoms with van der Waals surface area (Å²) in [6.45, 7) is 12.1. The fraction of sp³-hybridized carbons (Fsp3) is 0.483. The van der Waals surface area contributed by atoms with Crippen LogP contribution in [0.2, 0.25) is 0 Å². The van der Waals surface area contributed by atoms with Crippen molar-refractivity contribution in [3.8, 4) is 5.75 Å². The highest BCUT2D eigenvalue weighted by molar-refractivity contribution is 6.48. The molecule has 1 fully saturated rings. The zero-order chi connectivity index (χ0) is 26.0. The number of benzene rings is 1. The summed E-state index contributed by atoms with van der Waals surface area (Å²) in [7, 11) is 0. The smallest absolute Gasteiger partial charge is 0.142 e. The van der Waals surface area contributed by atoms with Crippen LogP contribution in [0.1, 0.15) is 89.7 Å². The minimum absolute atomic E-state index is 0.155. The average Bonchev–Trinajstić information content (AvgIpc) is 2.77. The minimum atomic E-state index is -0.157. The Labute approximate surface area is 206 Å². The van der Waals surface area contributed by atoms with Gasteiger partial charge in [0.15, 0.2) is 0 Å². The number of carbonyl (C=O) groups is 1. The van der Waals surface area contributed by atoms with Gasteiger partial charge in [-0.05, 0) is 35.6 Å². The van der Waals surface area contributed by atoms with E-state index in [1.165, 1.54) is 51.4 Å². The van der Waals surface area contributed by atoms with Crippen LogP contribution in [0, 0.1) is 10.8 Å². The summed E-state index contributed by atoms with van der Waals surface area (Å²) in [5.74, 6) is 0.155. The maximum Gasteiger partial charge on any atom is 0.142 e. The van der Waals surface area contributed by atoms with Crippen molar-refractivity contribution in [1.29, 1.82) is 10.8 Å². The number of anilines is 1. The third-order valence-corrected chi connectivity index (χ3v) is 5.49. The molecule has 0 aliphatic heterocycles. The number of phenolic OH excluding ortho intramolecular Hbond substituents is 1. The second-order valence-corrected chi connectivity index (χ2v) is 9.41. The van der Waals surface area contributed by atoms with Gasteiger partial charge in [0.1, 0.15) is 12.0 Å². The quantitative estimate of drug-likeness (QED) is 0.121. The number of nitrogen functional groups attached to an aromatic ring is 1. The molecule has 0 atom stereocenters. The highest BCUT2D eigenvalue weighted by Gasteiger charge is 2.20. The van der Waals surface area contributed by atoms with E-state index in [2.05, 4.69) is 13.2 Å². The van der Waals surface area contributed by atoms with E-state index in [0.29, 0.717) is 18.5 Å². The van der Waals surface area contributed by atoms with Crippen molar-refractivity contribution in [2.75, 3.05) is 5.73 Å². The van der Waals surface area contributed by atoms with Gasteiger partial charge in [0.25, 0.3) is 0 Å². The molecule has 5 nitrogen and oxygen atoms in total. The van der Waals surface area contributed by atoms with E-state index in [0.717, 1.165) is 17.4 Å². The number of nitrogens with one attached hydrogen (secondary N) is 2. The van der Waals surface area contributed by atoms with Crippen LogP contribution < -0.4 is 5.73 Å². The van der Waals surface area contributed by atoms with Crippen molar-refractivity contribution in [2.24, 2.45) is 0 Å². The molecule has 0 amide bonds. The lowest BCUT2D eigenvalue weighted by atomic mass is 9.84.